The second kappa shape index (κ2) is 3.34. The van der Waals surface area contributed by atoms with Gasteiger partial charge in [0.25, 0.3) is 6.43 Å². The minimum Gasteiger partial charge on any atom is -0.323 e. The van der Waals surface area contributed by atoms with Crippen molar-refractivity contribution in [2.24, 2.45) is 0 Å². The quantitative estimate of drug-likeness (QED) is 0.552. The van der Waals surface area contributed by atoms with Crippen LogP contribution < -0.4 is 5.84 Å². The van der Waals surface area contributed by atoms with Gasteiger partial charge in [0.2, 0.25) is 0 Å². The third-order valence-electron chi connectivity index (χ3n) is 1.48. The number of rotatable bonds is 3. The first-order valence-electron chi connectivity index (χ1n) is 3.37. The molecule has 3 nitrogen and oxygen atoms in total. The van der Waals surface area contributed by atoms with E-state index in [1.807, 2.05) is 0 Å². The molecule has 0 bridgehead atoms. The Balaban J connectivity index is 3.03. The highest BCUT2D eigenvalue weighted by atomic mass is 19.3. The van der Waals surface area contributed by atoms with Crippen LogP contribution in [0.25, 0.3) is 0 Å². The molecule has 0 spiro atoms. The fraction of sp³-hybridized carbons (Fsp3) is 0.286. The number of nitrogens with two attached hydrogens (primary N) is 1. The Bertz CT molecular complexity index is 280. The van der Waals surface area contributed by atoms with Gasteiger partial charge in [0.1, 0.15) is 5.69 Å². The van der Waals surface area contributed by atoms with Crippen molar-refractivity contribution >= 4 is 0 Å². The first-order chi connectivity index (χ1) is 5.66. The summed E-state index contributed by atoms with van der Waals surface area (Å²) in [7, 11) is 0. The summed E-state index contributed by atoms with van der Waals surface area (Å²) < 4.78 is 24.5. The van der Waals surface area contributed by atoms with E-state index in [4.69, 9.17) is 5.84 Å². The van der Waals surface area contributed by atoms with Crippen molar-refractivity contribution in [3.05, 3.63) is 30.1 Å². The number of nitrogen functional groups attached to an aromatic ring is 1. The molecule has 0 aliphatic rings. The Morgan fingerprint density at radius 3 is 2.92 bits per heavy atom. The van der Waals surface area contributed by atoms with E-state index in [2.05, 4.69) is 11.7 Å². The Hall–Kier alpha value is -1.39. The first-order valence-corrected chi connectivity index (χ1v) is 3.37. The van der Waals surface area contributed by atoms with Crippen molar-refractivity contribution in [1.82, 2.24) is 9.89 Å². The number of aromatic nitrogens is 2. The molecule has 0 radical (unpaired) electrons. The normalized spacial score (nSPS) is 10.6. The molecule has 0 unspecified atom stereocenters. The lowest BCUT2D eigenvalue weighted by molar-refractivity contribution is 0.141. The van der Waals surface area contributed by atoms with E-state index < -0.39 is 6.43 Å². The molecule has 0 saturated carbocycles. The van der Waals surface area contributed by atoms with Crippen LogP contribution in [0.1, 0.15) is 17.7 Å². The fourth-order valence-electron chi connectivity index (χ4n) is 0.960. The van der Waals surface area contributed by atoms with E-state index in [1.165, 1.54) is 12.3 Å². The average molecular weight is 173 g/mol. The fourth-order valence-corrected chi connectivity index (χ4v) is 0.960. The lowest BCUT2D eigenvalue weighted by Gasteiger charge is -2.01. The third kappa shape index (κ3) is 1.44. The highest BCUT2D eigenvalue weighted by molar-refractivity contribution is 5.21. The SMILES string of the molecule is C=CCc1cnn(N)c1C(F)F. The van der Waals surface area contributed by atoms with Crippen molar-refractivity contribution in [2.75, 3.05) is 5.84 Å². The van der Waals surface area contributed by atoms with Gasteiger partial charge in [-0.2, -0.15) is 9.89 Å². The molecule has 1 aromatic rings. The van der Waals surface area contributed by atoms with E-state index >= 15 is 0 Å². The lowest BCUT2D eigenvalue weighted by atomic mass is 10.2. The van der Waals surface area contributed by atoms with Crippen LogP contribution >= 0.6 is 0 Å². The van der Waals surface area contributed by atoms with Gasteiger partial charge in [-0.15, -0.1) is 6.58 Å². The summed E-state index contributed by atoms with van der Waals surface area (Å²) in [5, 5.41) is 3.52. The van der Waals surface area contributed by atoms with Crippen molar-refractivity contribution < 1.29 is 8.78 Å². The molecule has 0 aliphatic carbocycles. The van der Waals surface area contributed by atoms with Crippen LogP contribution in [-0.2, 0) is 6.42 Å². The monoisotopic (exact) mass is 173 g/mol. The van der Waals surface area contributed by atoms with E-state index in [9.17, 15) is 8.78 Å². The van der Waals surface area contributed by atoms with Crippen molar-refractivity contribution in [1.29, 1.82) is 0 Å². The zero-order valence-corrected chi connectivity index (χ0v) is 6.37. The second-order valence-electron chi connectivity index (χ2n) is 2.29. The maximum Gasteiger partial charge on any atom is 0.282 e. The van der Waals surface area contributed by atoms with E-state index in [1.54, 1.807) is 0 Å². The Morgan fingerprint density at radius 1 is 1.75 bits per heavy atom. The Morgan fingerprint density at radius 2 is 2.42 bits per heavy atom. The summed E-state index contributed by atoms with van der Waals surface area (Å²) in [5.41, 5.74) is 0.178. The Labute approximate surface area is 68.4 Å². The number of nitrogens with zero attached hydrogens (tertiary/aromatic N) is 2. The predicted molar refractivity (Wildman–Crippen MR) is 41.2 cm³/mol. The maximum absolute atomic E-state index is 12.3. The summed E-state index contributed by atoms with van der Waals surface area (Å²) in [4.78, 5) is 0.698. The van der Waals surface area contributed by atoms with Crippen molar-refractivity contribution in [3.8, 4) is 0 Å². The molecule has 0 aliphatic heterocycles. The molecule has 1 aromatic heterocycles. The van der Waals surface area contributed by atoms with Gasteiger partial charge in [0.15, 0.2) is 0 Å². The van der Waals surface area contributed by atoms with Gasteiger partial charge in [0.05, 0.1) is 6.20 Å². The van der Waals surface area contributed by atoms with E-state index in [0.717, 1.165) is 0 Å². The largest absolute Gasteiger partial charge is 0.323 e. The molecular formula is C7H9F2N3. The second-order valence-corrected chi connectivity index (χ2v) is 2.29. The number of allylic oxidation sites excluding steroid dienone is 1. The van der Waals surface area contributed by atoms with Crippen LogP contribution in [0.5, 0.6) is 0 Å². The molecule has 5 heteroatoms. The number of hydrogen-bond donors (Lipinski definition) is 1. The topological polar surface area (TPSA) is 43.8 Å². The first kappa shape index (κ1) is 8.70. The van der Waals surface area contributed by atoms with Gasteiger partial charge >= 0.3 is 0 Å². The van der Waals surface area contributed by atoms with Crippen LogP contribution in [0.2, 0.25) is 0 Å². The van der Waals surface area contributed by atoms with Crippen LogP contribution in [-0.4, -0.2) is 9.89 Å². The van der Waals surface area contributed by atoms with Gasteiger partial charge in [-0.25, -0.2) is 8.78 Å². The van der Waals surface area contributed by atoms with Gasteiger partial charge in [-0.3, -0.25) is 0 Å². The van der Waals surface area contributed by atoms with Gasteiger partial charge < -0.3 is 5.84 Å². The summed E-state index contributed by atoms with van der Waals surface area (Å²) in [5.74, 6) is 5.16. The number of alkyl halides is 2. The van der Waals surface area contributed by atoms with Gasteiger partial charge in [0, 0.05) is 5.56 Å². The molecule has 2 N–H and O–H groups in total. The zero-order valence-electron chi connectivity index (χ0n) is 6.37. The molecule has 1 heterocycles. The van der Waals surface area contributed by atoms with E-state index in [-0.39, 0.29) is 5.69 Å². The van der Waals surface area contributed by atoms with Crippen LogP contribution in [0.4, 0.5) is 8.78 Å². The molecule has 1 rings (SSSR count). The standard InChI is InChI=1S/C7H9F2N3/c1-2-3-5-4-11-12(10)6(5)7(8)9/h2,4,7H,1,3,10H2. The van der Waals surface area contributed by atoms with Crippen LogP contribution in [0, 0.1) is 0 Å². The summed E-state index contributed by atoms with van der Waals surface area (Å²) in [6.45, 7) is 3.44. The van der Waals surface area contributed by atoms with Crippen LogP contribution in [0.15, 0.2) is 18.9 Å². The highest BCUT2D eigenvalue weighted by Crippen LogP contribution is 2.21. The molecule has 12 heavy (non-hydrogen) atoms. The lowest BCUT2D eigenvalue weighted by Crippen LogP contribution is -2.14. The highest BCUT2D eigenvalue weighted by Gasteiger charge is 2.17. The molecule has 0 fully saturated rings. The minimum atomic E-state index is -2.59. The predicted octanol–water partition coefficient (Wildman–Crippen LogP) is 1.26. The summed E-state index contributed by atoms with van der Waals surface area (Å²) >= 11 is 0. The van der Waals surface area contributed by atoms with Gasteiger partial charge in [-0.1, -0.05) is 6.08 Å². The molecule has 66 valence electrons. The van der Waals surface area contributed by atoms with E-state index in [0.29, 0.717) is 16.8 Å². The number of halogens is 2. The summed E-state index contributed by atoms with van der Waals surface area (Å²) in [6.07, 6.45) is 0.621. The van der Waals surface area contributed by atoms with Crippen molar-refractivity contribution in [2.45, 2.75) is 12.8 Å². The maximum atomic E-state index is 12.3. The molecular weight excluding hydrogens is 164 g/mol. The van der Waals surface area contributed by atoms with Crippen LogP contribution in [0.3, 0.4) is 0 Å². The summed E-state index contributed by atoms with van der Waals surface area (Å²) in [6, 6.07) is 0. The molecule has 0 atom stereocenters. The molecule has 0 aromatic carbocycles. The average Bonchev–Trinajstić information content (AvgIpc) is 2.32. The molecule has 0 saturated heterocycles. The minimum absolute atomic E-state index is 0.241. The smallest absolute Gasteiger partial charge is 0.282 e. The van der Waals surface area contributed by atoms with Crippen molar-refractivity contribution in [3.63, 3.8) is 0 Å². The van der Waals surface area contributed by atoms with Gasteiger partial charge in [-0.05, 0) is 6.42 Å². The number of hydrogen-bond acceptors (Lipinski definition) is 2. The zero-order chi connectivity index (χ0) is 9.14. The Kier molecular flexibility index (Phi) is 2.42. The molecule has 0 amide bonds. The third-order valence-corrected chi connectivity index (χ3v) is 1.48.